The molecule has 8 nitrogen and oxygen atoms in total. The van der Waals surface area contributed by atoms with Crippen LogP contribution in [-0.2, 0) is 9.53 Å². The van der Waals surface area contributed by atoms with E-state index in [1.165, 1.54) is 17.6 Å². The first-order valence-electron chi connectivity index (χ1n) is 10.3. The lowest BCUT2D eigenvalue weighted by atomic mass is 10.0. The number of carbonyl (C=O) groups is 2. The molecule has 3 rings (SSSR count). The molecule has 4 N–H and O–H groups in total. The third-order valence-corrected chi connectivity index (χ3v) is 6.14. The van der Waals surface area contributed by atoms with Gasteiger partial charge in [0.2, 0.25) is 0 Å². The third kappa shape index (κ3) is 7.91. The highest BCUT2D eigenvalue weighted by molar-refractivity contribution is 14.1. The van der Waals surface area contributed by atoms with Crippen LogP contribution >= 0.6 is 34.4 Å². The summed E-state index contributed by atoms with van der Waals surface area (Å²) in [5.41, 5.74) is 2.31. The summed E-state index contributed by atoms with van der Waals surface area (Å²) in [6.45, 7) is 0. The van der Waals surface area contributed by atoms with Crippen LogP contribution in [0.5, 0.6) is 11.5 Å². The van der Waals surface area contributed by atoms with Gasteiger partial charge in [-0.3, -0.25) is 15.3 Å². The van der Waals surface area contributed by atoms with Gasteiger partial charge >= 0.3 is 6.09 Å². The molecule has 35 heavy (non-hydrogen) atoms. The zero-order chi connectivity index (χ0) is 25.2. The summed E-state index contributed by atoms with van der Waals surface area (Å²) in [6, 6.07) is 20.8. The average molecular weight is 606 g/mol. The molecule has 0 bridgehead atoms. The minimum absolute atomic E-state index is 0.116. The zero-order valence-corrected chi connectivity index (χ0v) is 21.5. The minimum Gasteiger partial charge on any atom is -0.508 e. The van der Waals surface area contributed by atoms with Crippen LogP contribution in [0.4, 0.5) is 10.5 Å². The maximum atomic E-state index is 12.9. The quantitative estimate of drug-likeness (QED) is 0.0834. The van der Waals surface area contributed by atoms with E-state index in [4.69, 9.17) is 14.7 Å². The van der Waals surface area contributed by atoms with Crippen molar-refractivity contribution in [3.8, 4) is 11.5 Å². The van der Waals surface area contributed by atoms with Crippen molar-refractivity contribution in [3.63, 3.8) is 0 Å². The molecule has 0 unspecified atom stereocenters. The Bertz CT molecular complexity index is 1170. The smallest absolute Gasteiger partial charge is 0.412 e. The summed E-state index contributed by atoms with van der Waals surface area (Å²) < 4.78 is 12.6. The zero-order valence-electron chi connectivity index (χ0n) is 18.6. The summed E-state index contributed by atoms with van der Waals surface area (Å²) in [7, 11) is 0. The number of aromatic hydroxyl groups is 1. The summed E-state index contributed by atoms with van der Waals surface area (Å²) in [5.74, 6) is -0.469. The van der Waals surface area contributed by atoms with E-state index >= 15 is 0 Å². The van der Waals surface area contributed by atoms with E-state index in [0.717, 1.165) is 14.5 Å². The number of anilines is 1. The number of nitrogens with one attached hydrogen (secondary N) is 2. The fourth-order valence-corrected chi connectivity index (χ4v) is 4.00. The van der Waals surface area contributed by atoms with Crippen LogP contribution in [0.3, 0.4) is 0 Å². The number of ether oxygens (including phenoxy) is 2. The van der Waals surface area contributed by atoms with Crippen LogP contribution in [0.2, 0.25) is 0 Å². The molecule has 2 amide bonds. The van der Waals surface area contributed by atoms with E-state index in [1.807, 2.05) is 24.5 Å². The predicted octanol–water partition coefficient (Wildman–Crippen LogP) is 5.52. The van der Waals surface area contributed by atoms with Crippen molar-refractivity contribution in [1.82, 2.24) is 5.48 Å². The van der Waals surface area contributed by atoms with Crippen molar-refractivity contribution in [3.05, 3.63) is 94.1 Å². The van der Waals surface area contributed by atoms with Crippen molar-refractivity contribution in [2.75, 3.05) is 11.6 Å². The van der Waals surface area contributed by atoms with Crippen molar-refractivity contribution >= 4 is 52.0 Å². The lowest BCUT2D eigenvalue weighted by Crippen LogP contribution is -2.30. The third-order valence-electron chi connectivity index (χ3n) is 4.73. The number of halogens is 1. The van der Waals surface area contributed by atoms with E-state index in [0.29, 0.717) is 11.4 Å². The monoisotopic (exact) mass is 606 g/mol. The number of benzene rings is 3. The summed E-state index contributed by atoms with van der Waals surface area (Å²) in [5, 5.41) is 22.1. The lowest BCUT2D eigenvalue weighted by Gasteiger charge is -2.27. The van der Waals surface area contributed by atoms with Gasteiger partial charge in [-0.2, -0.15) is 0 Å². The molecule has 3 aromatic rings. The maximum absolute atomic E-state index is 12.9. The molecular formula is C25H23IN2O6S. The highest BCUT2D eigenvalue weighted by Crippen LogP contribution is 2.34. The van der Waals surface area contributed by atoms with Gasteiger partial charge in [0.05, 0.1) is 0 Å². The van der Waals surface area contributed by atoms with Crippen molar-refractivity contribution in [1.29, 1.82) is 0 Å². The highest BCUT2D eigenvalue weighted by Gasteiger charge is 2.30. The number of hydrogen-bond donors (Lipinski definition) is 4. The fourth-order valence-electron chi connectivity index (χ4n) is 3.08. The van der Waals surface area contributed by atoms with Crippen molar-refractivity contribution in [2.45, 2.75) is 17.1 Å². The van der Waals surface area contributed by atoms with E-state index in [9.17, 15) is 14.7 Å². The maximum Gasteiger partial charge on any atom is 0.412 e. The molecule has 0 aliphatic heterocycles. The van der Waals surface area contributed by atoms with E-state index < -0.39 is 24.2 Å². The fraction of sp³-hybridized carbons (Fsp3) is 0.120. The summed E-state index contributed by atoms with van der Waals surface area (Å²) in [4.78, 5) is 25.6. The van der Waals surface area contributed by atoms with Gasteiger partial charge in [0.1, 0.15) is 11.5 Å². The highest BCUT2D eigenvalue weighted by atomic mass is 127. The molecule has 0 saturated carbocycles. The van der Waals surface area contributed by atoms with Gasteiger partial charge < -0.3 is 14.6 Å². The van der Waals surface area contributed by atoms with Crippen LogP contribution < -0.4 is 15.5 Å². The standard InChI is InChI=1S/C25H23IN2O6S/c1-35-19-10-8-17(9-11-19)27-25(31)34-24(20-15-16(26)7-12-21(20)29)22(13-14-23(30)28-32)33-18-5-3-2-4-6-18/h2-15,22,24,29,32H,1H3,(H,27,31)(H,28,30)/b14-13+/t22-,24-/m0/s1. The molecule has 0 heterocycles. The molecule has 2 atom stereocenters. The Labute approximate surface area is 220 Å². The predicted molar refractivity (Wildman–Crippen MR) is 142 cm³/mol. The molecular weight excluding hydrogens is 583 g/mol. The lowest BCUT2D eigenvalue weighted by molar-refractivity contribution is -0.124. The Hall–Kier alpha value is -3.22. The number of hydrogen-bond acceptors (Lipinski definition) is 7. The molecule has 0 spiro atoms. The SMILES string of the molecule is CSc1ccc(NC(=O)O[C@@H](c2cc(I)ccc2O)[C@H](/C=C/C(=O)NO)Oc2ccccc2)cc1. The first kappa shape index (κ1) is 26.4. The van der Waals surface area contributed by atoms with Gasteiger partial charge in [-0.25, -0.2) is 10.3 Å². The number of rotatable bonds is 9. The number of phenols is 1. The van der Waals surface area contributed by atoms with Crippen molar-refractivity contribution in [2.24, 2.45) is 0 Å². The van der Waals surface area contributed by atoms with Crippen LogP contribution in [0, 0.1) is 3.57 Å². The molecule has 0 fully saturated rings. The van der Waals surface area contributed by atoms with E-state index in [-0.39, 0.29) is 11.3 Å². The normalized spacial score (nSPS) is 12.5. The average Bonchev–Trinajstić information content (AvgIpc) is 2.87. The molecule has 10 heteroatoms. The molecule has 0 aromatic heterocycles. The Morgan fingerprint density at radius 2 is 1.77 bits per heavy atom. The molecule has 0 aliphatic rings. The van der Waals surface area contributed by atoms with Gasteiger partial charge in [-0.1, -0.05) is 18.2 Å². The van der Waals surface area contributed by atoms with Crippen LogP contribution in [0.15, 0.2) is 89.8 Å². The van der Waals surface area contributed by atoms with E-state index in [1.54, 1.807) is 60.3 Å². The Kier molecular flexibility index (Phi) is 9.82. The molecule has 3 aromatic carbocycles. The topological polar surface area (TPSA) is 117 Å². The molecule has 0 aliphatic carbocycles. The number of amides is 2. The molecule has 182 valence electrons. The Morgan fingerprint density at radius 3 is 2.43 bits per heavy atom. The van der Waals surface area contributed by atoms with Gasteiger partial charge in [0.15, 0.2) is 12.2 Å². The Morgan fingerprint density at radius 1 is 1.06 bits per heavy atom. The van der Waals surface area contributed by atoms with Crippen LogP contribution in [-0.4, -0.2) is 34.7 Å². The minimum atomic E-state index is -1.15. The van der Waals surface area contributed by atoms with Gasteiger partial charge in [-0.15, -0.1) is 11.8 Å². The van der Waals surface area contributed by atoms with Crippen molar-refractivity contribution < 1.29 is 29.4 Å². The largest absolute Gasteiger partial charge is 0.508 e. The first-order chi connectivity index (χ1) is 16.9. The second-order valence-electron chi connectivity index (χ2n) is 7.11. The number of carbonyl (C=O) groups excluding carboxylic acids is 2. The molecule has 0 radical (unpaired) electrons. The number of phenolic OH excluding ortho intramolecular Hbond substituents is 1. The van der Waals surface area contributed by atoms with E-state index in [2.05, 4.69) is 27.9 Å². The number of hydroxylamine groups is 1. The number of para-hydroxylation sites is 1. The first-order valence-corrected chi connectivity index (χ1v) is 12.6. The van der Waals surface area contributed by atoms with Gasteiger partial charge in [-0.05, 0) is 89.5 Å². The summed E-state index contributed by atoms with van der Waals surface area (Å²) in [6.07, 6.45) is 1.36. The van der Waals surface area contributed by atoms with Gasteiger partial charge in [0.25, 0.3) is 5.91 Å². The van der Waals surface area contributed by atoms with Crippen LogP contribution in [0.1, 0.15) is 11.7 Å². The second-order valence-corrected chi connectivity index (χ2v) is 9.24. The number of thioether (sulfide) groups is 1. The van der Waals surface area contributed by atoms with Crippen LogP contribution in [0.25, 0.3) is 0 Å². The Balaban J connectivity index is 1.96. The molecule has 0 saturated heterocycles. The second kappa shape index (κ2) is 13.0. The summed E-state index contributed by atoms with van der Waals surface area (Å²) >= 11 is 3.65. The van der Waals surface area contributed by atoms with Gasteiger partial charge in [0, 0.05) is 25.8 Å².